The fraction of sp³-hybridized carbons (Fsp3) is 0.500. The van der Waals surface area contributed by atoms with Crippen LogP contribution in [0.15, 0.2) is 0 Å². The van der Waals surface area contributed by atoms with Crippen LogP contribution in [0, 0.1) is 13.8 Å². The lowest BCUT2D eigenvalue weighted by atomic mass is 10.2. The average molecular weight is 162 g/mol. The van der Waals surface area contributed by atoms with E-state index in [9.17, 15) is 0 Å². The van der Waals surface area contributed by atoms with Gasteiger partial charge in [0, 0.05) is 17.8 Å². The number of aromatic nitrogens is 2. The minimum absolute atomic E-state index is 0. The normalized spacial score (nSPS) is 9.10. The van der Waals surface area contributed by atoms with E-state index in [1.807, 2.05) is 13.8 Å². The van der Waals surface area contributed by atoms with E-state index >= 15 is 0 Å². The Morgan fingerprint density at radius 1 is 1.50 bits per heavy atom. The summed E-state index contributed by atoms with van der Waals surface area (Å²) >= 11 is 0. The topological polar surface area (TPSA) is 54.7 Å². The van der Waals surface area contributed by atoms with Crippen molar-refractivity contribution in [1.82, 2.24) is 10.2 Å². The summed E-state index contributed by atoms with van der Waals surface area (Å²) in [6.45, 7) is 4.50. The van der Waals surface area contributed by atoms with Crippen LogP contribution in [0.3, 0.4) is 0 Å². The molecule has 0 amide bonds. The van der Waals surface area contributed by atoms with Gasteiger partial charge in [-0.2, -0.15) is 5.10 Å². The Kier molecular flexibility index (Phi) is 3.39. The maximum absolute atomic E-state index is 5.44. The molecule has 0 bridgehead atoms. The van der Waals surface area contributed by atoms with Crippen LogP contribution >= 0.6 is 12.4 Å². The van der Waals surface area contributed by atoms with Crippen LogP contribution in [0.2, 0.25) is 0 Å². The number of rotatable bonds is 1. The fourth-order valence-corrected chi connectivity index (χ4v) is 0.875. The summed E-state index contributed by atoms with van der Waals surface area (Å²) in [5.41, 5.74) is 8.66. The first-order valence-corrected chi connectivity index (χ1v) is 2.96. The van der Waals surface area contributed by atoms with Crippen LogP contribution in [-0.4, -0.2) is 10.2 Å². The average Bonchev–Trinajstić information content (AvgIpc) is 2.12. The van der Waals surface area contributed by atoms with Crippen molar-refractivity contribution in [2.75, 3.05) is 0 Å². The number of aromatic amines is 1. The Bertz CT molecular complexity index is 187. The number of hydrogen-bond acceptors (Lipinski definition) is 2. The fourth-order valence-electron chi connectivity index (χ4n) is 0.875. The summed E-state index contributed by atoms with van der Waals surface area (Å²) in [4.78, 5) is 0. The van der Waals surface area contributed by atoms with Crippen LogP contribution in [0.5, 0.6) is 0 Å². The monoisotopic (exact) mass is 161 g/mol. The number of aryl methyl sites for hydroxylation is 2. The molecule has 4 heteroatoms. The van der Waals surface area contributed by atoms with Gasteiger partial charge in [-0.1, -0.05) is 0 Å². The predicted molar refractivity (Wildman–Crippen MR) is 43.2 cm³/mol. The van der Waals surface area contributed by atoms with Crippen molar-refractivity contribution in [3.8, 4) is 0 Å². The van der Waals surface area contributed by atoms with E-state index in [1.54, 1.807) is 0 Å². The van der Waals surface area contributed by atoms with Crippen LogP contribution in [0.25, 0.3) is 0 Å². The second kappa shape index (κ2) is 3.58. The highest BCUT2D eigenvalue weighted by atomic mass is 35.5. The van der Waals surface area contributed by atoms with Gasteiger partial charge in [0.05, 0.1) is 5.69 Å². The minimum atomic E-state index is 0. The molecule has 0 aliphatic heterocycles. The van der Waals surface area contributed by atoms with Gasteiger partial charge in [-0.05, 0) is 13.8 Å². The third kappa shape index (κ3) is 1.49. The van der Waals surface area contributed by atoms with Gasteiger partial charge in [-0.15, -0.1) is 12.4 Å². The maximum atomic E-state index is 5.44. The highest BCUT2D eigenvalue weighted by Crippen LogP contribution is 2.06. The van der Waals surface area contributed by atoms with Crippen molar-refractivity contribution in [3.05, 3.63) is 17.0 Å². The summed E-state index contributed by atoms with van der Waals surface area (Å²) in [5, 5.41) is 6.84. The first kappa shape index (κ1) is 9.46. The Morgan fingerprint density at radius 3 is 2.30 bits per heavy atom. The SMILES string of the molecule is Cc1n[nH]c(C)c1CN.Cl. The molecule has 1 rings (SSSR count). The summed E-state index contributed by atoms with van der Waals surface area (Å²) in [7, 11) is 0. The first-order chi connectivity index (χ1) is 4.25. The zero-order valence-corrected chi connectivity index (χ0v) is 6.96. The van der Waals surface area contributed by atoms with E-state index in [-0.39, 0.29) is 12.4 Å². The molecule has 1 heterocycles. The molecule has 3 N–H and O–H groups in total. The third-order valence-corrected chi connectivity index (χ3v) is 1.48. The molecule has 0 unspecified atom stereocenters. The lowest BCUT2D eigenvalue weighted by Crippen LogP contribution is -1.98. The maximum Gasteiger partial charge on any atom is 0.0638 e. The van der Waals surface area contributed by atoms with Crippen LogP contribution in [-0.2, 0) is 6.54 Å². The number of nitrogens with one attached hydrogen (secondary N) is 1. The van der Waals surface area contributed by atoms with Gasteiger partial charge < -0.3 is 5.73 Å². The molecule has 0 atom stereocenters. The molecule has 0 spiro atoms. The van der Waals surface area contributed by atoms with E-state index in [0.717, 1.165) is 17.0 Å². The first-order valence-electron chi connectivity index (χ1n) is 2.96. The van der Waals surface area contributed by atoms with Gasteiger partial charge in [0.15, 0.2) is 0 Å². The largest absolute Gasteiger partial charge is 0.326 e. The number of halogens is 1. The van der Waals surface area contributed by atoms with Crippen LogP contribution < -0.4 is 5.73 Å². The quantitative estimate of drug-likeness (QED) is 0.643. The van der Waals surface area contributed by atoms with E-state index in [1.165, 1.54) is 0 Å². The molecule has 3 nitrogen and oxygen atoms in total. The van der Waals surface area contributed by atoms with Crippen LogP contribution in [0.1, 0.15) is 17.0 Å². The summed E-state index contributed by atoms with van der Waals surface area (Å²) < 4.78 is 0. The lowest BCUT2D eigenvalue weighted by Gasteiger charge is -1.91. The van der Waals surface area contributed by atoms with Crippen molar-refractivity contribution in [2.24, 2.45) is 5.73 Å². The molecular weight excluding hydrogens is 150 g/mol. The molecule has 0 saturated heterocycles. The molecule has 0 saturated carbocycles. The Labute approximate surface area is 66.4 Å². The van der Waals surface area contributed by atoms with Crippen molar-refractivity contribution in [1.29, 1.82) is 0 Å². The van der Waals surface area contributed by atoms with Gasteiger partial charge >= 0.3 is 0 Å². The van der Waals surface area contributed by atoms with E-state index in [4.69, 9.17) is 5.73 Å². The molecule has 0 radical (unpaired) electrons. The molecule has 0 aromatic carbocycles. The van der Waals surface area contributed by atoms with E-state index in [0.29, 0.717) is 6.54 Å². The molecule has 0 fully saturated rings. The number of nitrogens with two attached hydrogens (primary N) is 1. The molecule has 0 aliphatic rings. The molecule has 1 aromatic rings. The second-order valence-corrected chi connectivity index (χ2v) is 2.12. The van der Waals surface area contributed by atoms with Crippen molar-refractivity contribution >= 4 is 12.4 Å². The number of nitrogens with zero attached hydrogens (tertiary/aromatic N) is 1. The smallest absolute Gasteiger partial charge is 0.0638 e. The Morgan fingerprint density at radius 2 is 2.10 bits per heavy atom. The van der Waals surface area contributed by atoms with E-state index < -0.39 is 0 Å². The lowest BCUT2D eigenvalue weighted by molar-refractivity contribution is 1.02. The van der Waals surface area contributed by atoms with Gasteiger partial charge in [0.25, 0.3) is 0 Å². The van der Waals surface area contributed by atoms with Crippen LogP contribution in [0.4, 0.5) is 0 Å². The minimum Gasteiger partial charge on any atom is -0.326 e. The Balaban J connectivity index is 0.000000810. The van der Waals surface area contributed by atoms with Gasteiger partial charge in [-0.25, -0.2) is 0 Å². The zero-order chi connectivity index (χ0) is 6.85. The molecule has 0 aliphatic carbocycles. The molecule has 1 aromatic heterocycles. The summed E-state index contributed by atoms with van der Waals surface area (Å²) in [6.07, 6.45) is 0. The van der Waals surface area contributed by atoms with Gasteiger partial charge in [0.2, 0.25) is 0 Å². The second-order valence-electron chi connectivity index (χ2n) is 2.12. The highest BCUT2D eigenvalue weighted by molar-refractivity contribution is 5.85. The Hall–Kier alpha value is -0.540. The van der Waals surface area contributed by atoms with Crippen molar-refractivity contribution in [2.45, 2.75) is 20.4 Å². The van der Waals surface area contributed by atoms with Gasteiger partial charge in [-0.3, -0.25) is 5.10 Å². The summed E-state index contributed by atoms with van der Waals surface area (Å²) in [5.74, 6) is 0. The number of hydrogen-bond donors (Lipinski definition) is 2. The summed E-state index contributed by atoms with van der Waals surface area (Å²) in [6, 6.07) is 0. The van der Waals surface area contributed by atoms with Crippen molar-refractivity contribution in [3.63, 3.8) is 0 Å². The molecule has 10 heavy (non-hydrogen) atoms. The van der Waals surface area contributed by atoms with E-state index in [2.05, 4.69) is 10.2 Å². The van der Waals surface area contributed by atoms with Crippen molar-refractivity contribution < 1.29 is 0 Å². The standard InChI is InChI=1S/C6H11N3.ClH/c1-4-6(3-7)5(2)9-8-4;/h3,7H2,1-2H3,(H,8,9);1H. The number of H-pyrrole nitrogens is 1. The van der Waals surface area contributed by atoms with Gasteiger partial charge in [0.1, 0.15) is 0 Å². The predicted octanol–water partition coefficient (Wildman–Crippen LogP) is 0.907. The zero-order valence-electron chi connectivity index (χ0n) is 6.14. The molecular formula is C6H12ClN3. The highest BCUT2D eigenvalue weighted by Gasteiger charge is 2.01. The third-order valence-electron chi connectivity index (χ3n) is 1.48. The molecule has 58 valence electrons.